The first-order chi connectivity index (χ1) is 24.6. The molecule has 5 aromatic rings. The summed E-state index contributed by atoms with van der Waals surface area (Å²) in [6, 6.07) is 38.4. The zero-order valence-electron chi connectivity index (χ0n) is 28.7. The Morgan fingerprint density at radius 1 is 0.784 bits per heavy atom. The Kier molecular flexibility index (Phi) is 11.6. The molecule has 5 aromatic carbocycles. The van der Waals surface area contributed by atoms with Gasteiger partial charge in [0.2, 0.25) is 10.0 Å². The number of rotatable bonds is 13. The summed E-state index contributed by atoms with van der Waals surface area (Å²) in [5.41, 5.74) is 5.93. The van der Waals surface area contributed by atoms with Crippen molar-refractivity contribution in [2.75, 3.05) is 20.1 Å². The standard InChI is InChI=1S/C41H44N2O7S/c1-28-39(26-43(2)25-38(46)34-12-8-14-36(45)23-34)49-41(50-40(28)31-19-17-29(27-44)18-20-31)35-13-7-11-33(22-35)32-10-6-9-30(21-32)24-42-51(47,48)37-15-4-3-5-16-37/h3-23,28,38-42,44-46H,24-27H2,1-2H3/t28-,38-,39+,40+,41+/m1/s1. The molecule has 0 radical (unpaired) electrons. The van der Waals surface area contributed by atoms with E-state index in [-0.39, 0.29) is 41.9 Å². The number of sulfonamides is 1. The summed E-state index contributed by atoms with van der Waals surface area (Å²) in [4.78, 5) is 2.24. The molecule has 0 unspecified atom stereocenters. The molecular formula is C41H44N2O7S. The predicted octanol–water partition coefficient (Wildman–Crippen LogP) is 6.49. The first kappa shape index (κ1) is 36.4. The molecule has 1 aliphatic heterocycles. The summed E-state index contributed by atoms with van der Waals surface area (Å²) in [6.07, 6.45) is -2.07. The lowest BCUT2D eigenvalue weighted by molar-refractivity contribution is -0.276. The van der Waals surface area contributed by atoms with Crippen LogP contribution in [0, 0.1) is 5.92 Å². The lowest BCUT2D eigenvalue weighted by Gasteiger charge is -2.42. The van der Waals surface area contributed by atoms with Crippen LogP contribution in [0.15, 0.2) is 132 Å². The number of phenolic OH excluding ortho intramolecular Hbond substituents is 1. The minimum atomic E-state index is -3.65. The van der Waals surface area contributed by atoms with Gasteiger partial charge >= 0.3 is 0 Å². The van der Waals surface area contributed by atoms with E-state index in [2.05, 4.69) is 11.6 Å². The van der Waals surface area contributed by atoms with Gasteiger partial charge in [0.25, 0.3) is 0 Å². The van der Waals surface area contributed by atoms with Crippen LogP contribution in [0.3, 0.4) is 0 Å². The third kappa shape index (κ3) is 9.10. The van der Waals surface area contributed by atoms with E-state index in [0.717, 1.165) is 33.4 Å². The molecule has 5 atom stereocenters. The molecule has 10 heteroatoms. The van der Waals surface area contributed by atoms with Crippen LogP contribution in [0.4, 0.5) is 0 Å². The number of nitrogens with one attached hydrogen (secondary N) is 1. The molecule has 6 rings (SSSR count). The zero-order chi connectivity index (χ0) is 36.0. The van der Waals surface area contributed by atoms with E-state index in [1.807, 2.05) is 84.7 Å². The minimum absolute atomic E-state index is 0.0467. The average molecular weight is 709 g/mol. The Bertz CT molecular complexity index is 2010. The third-order valence-corrected chi connectivity index (χ3v) is 10.7. The molecule has 1 saturated heterocycles. The van der Waals surface area contributed by atoms with Crippen molar-refractivity contribution in [2.45, 2.75) is 49.6 Å². The molecule has 0 saturated carbocycles. The average Bonchev–Trinajstić information content (AvgIpc) is 3.15. The van der Waals surface area contributed by atoms with Gasteiger partial charge in [-0.05, 0) is 76.8 Å². The molecule has 4 N–H and O–H groups in total. The highest BCUT2D eigenvalue weighted by atomic mass is 32.2. The van der Waals surface area contributed by atoms with Gasteiger partial charge in [0.1, 0.15) is 5.75 Å². The lowest BCUT2D eigenvalue weighted by atomic mass is 9.89. The maximum atomic E-state index is 12.8. The Labute approximate surface area is 299 Å². The molecule has 51 heavy (non-hydrogen) atoms. The van der Waals surface area contributed by atoms with Gasteiger partial charge in [0.05, 0.1) is 29.8 Å². The van der Waals surface area contributed by atoms with E-state index in [1.54, 1.807) is 54.6 Å². The van der Waals surface area contributed by atoms with Crippen LogP contribution in [-0.2, 0) is 32.6 Å². The van der Waals surface area contributed by atoms with Crippen molar-refractivity contribution < 1.29 is 33.2 Å². The van der Waals surface area contributed by atoms with Crippen LogP contribution in [0.5, 0.6) is 5.75 Å². The summed E-state index contributed by atoms with van der Waals surface area (Å²) in [5, 5.41) is 30.5. The summed E-state index contributed by atoms with van der Waals surface area (Å²) in [7, 11) is -1.72. The largest absolute Gasteiger partial charge is 0.508 e. The molecule has 0 amide bonds. The van der Waals surface area contributed by atoms with Gasteiger partial charge in [0.15, 0.2) is 6.29 Å². The van der Waals surface area contributed by atoms with Gasteiger partial charge in [0, 0.05) is 31.1 Å². The maximum absolute atomic E-state index is 12.8. The molecule has 0 spiro atoms. The van der Waals surface area contributed by atoms with Crippen molar-refractivity contribution in [3.05, 3.63) is 155 Å². The number of benzene rings is 5. The van der Waals surface area contributed by atoms with E-state index in [9.17, 15) is 23.7 Å². The van der Waals surface area contributed by atoms with Crippen molar-refractivity contribution in [3.63, 3.8) is 0 Å². The fourth-order valence-electron chi connectivity index (χ4n) is 6.43. The van der Waals surface area contributed by atoms with Crippen LogP contribution >= 0.6 is 0 Å². The molecular weight excluding hydrogens is 665 g/mol. The quantitative estimate of drug-likeness (QED) is 0.109. The van der Waals surface area contributed by atoms with E-state index in [1.165, 1.54) is 0 Å². The molecule has 9 nitrogen and oxygen atoms in total. The van der Waals surface area contributed by atoms with Crippen molar-refractivity contribution >= 4 is 10.0 Å². The monoisotopic (exact) mass is 708 g/mol. The highest BCUT2D eigenvalue weighted by molar-refractivity contribution is 7.89. The second-order valence-corrected chi connectivity index (χ2v) is 14.9. The Balaban J connectivity index is 1.22. The van der Waals surface area contributed by atoms with E-state index in [0.29, 0.717) is 18.7 Å². The summed E-state index contributed by atoms with van der Waals surface area (Å²) in [5.74, 6) is 0.0521. The van der Waals surface area contributed by atoms with Crippen LogP contribution in [-0.4, -0.2) is 54.9 Å². The minimum Gasteiger partial charge on any atom is -0.508 e. The summed E-state index contributed by atoms with van der Waals surface area (Å²) < 4.78 is 41.7. The second-order valence-electron chi connectivity index (χ2n) is 13.1. The number of aliphatic hydroxyl groups excluding tert-OH is 2. The van der Waals surface area contributed by atoms with E-state index < -0.39 is 22.4 Å². The molecule has 1 aliphatic rings. The first-order valence-corrected chi connectivity index (χ1v) is 18.5. The molecule has 0 aliphatic carbocycles. The SMILES string of the molecule is C[C@@H]1[C@H](CN(C)C[C@@H](O)c2cccc(O)c2)O[C@H](c2cccc(-c3cccc(CNS(=O)(=O)c4ccccc4)c3)c2)O[C@@H]1c1ccc(CO)cc1. The summed E-state index contributed by atoms with van der Waals surface area (Å²) >= 11 is 0. The highest BCUT2D eigenvalue weighted by Gasteiger charge is 2.39. The molecule has 0 aromatic heterocycles. The Morgan fingerprint density at radius 2 is 1.49 bits per heavy atom. The maximum Gasteiger partial charge on any atom is 0.240 e. The van der Waals surface area contributed by atoms with E-state index >= 15 is 0 Å². The van der Waals surface area contributed by atoms with Crippen molar-refractivity contribution in [1.82, 2.24) is 9.62 Å². The highest BCUT2D eigenvalue weighted by Crippen LogP contribution is 2.42. The number of phenols is 1. The number of aliphatic hydroxyl groups is 2. The second kappa shape index (κ2) is 16.3. The fraction of sp³-hybridized carbons (Fsp3) is 0.268. The molecule has 1 fully saturated rings. The lowest BCUT2D eigenvalue weighted by Crippen LogP contribution is -2.44. The topological polar surface area (TPSA) is 129 Å². The Hall–Kier alpha value is -4.39. The molecule has 1 heterocycles. The number of hydrogen-bond acceptors (Lipinski definition) is 8. The van der Waals surface area contributed by atoms with Gasteiger partial charge in [-0.1, -0.05) is 97.9 Å². The fourth-order valence-corrected chi connectivity index (χ4v) is 7.47. The zero-order valence-corrected chi connectivity index (χ0v) is 29.5. The number of ether oxygens (including phenoxy) is 2. The number of likely N-dealkylation sites (N-methyl/N-ethyl adjacent to an activating group) is 1. The van der Waals surface area contributed by atoms with Crippen LogP contribution in [0.1, 0.15) is 53.2 Å². The van der Waals surface area contributed by atoms with Crippen molar-refractivity contribution in [1.29, 1.82) is 0 Å². The van der Waals surface area contributed by atoms with Gasteiger partial charge in [-0.25, -0.2) is 13.1 Å². The van der Waals surface area contributed by atoms with Gasteiger partial charge in [-0.15, -0.1) is 0 Å². The van der Waals surface area contributed by atoms with Crippen LogP contribution in [0.2, 0.25) is 0 Å². The number of nitrogens with zero attached hydrogens (tertiary/aromatic N) is 1. The smallest absolute Gasteiger partial charge is 0.240 e. The summed E-state index contributed by atoms with van der Waals surface area (Å²) in [6.45, 7) is 3.05. The first-order valence-electron chi connectivity index (χ1n) is 17.0. The van der Waals surface area contributed by atoms with Gasteiger partial charge in [-0.3, -0.25) is 0 Å². The van der Waals surface area contributed by atoms with Crippen molar-refractivity contribution in [2.24, 2.45) is 5.92 Å². The van der Waals surface area contributed by atoms with Crippen LogP contribution in [0.25, 0.3) is 11.1 Å². The van der Waals surface area contributed by atoms with Crippen molar-refractivity contribution in [3.8, 4) is 16.9 Å². The van der Waals surface area contributed by atoms with Gasteiger partial charge < -0.3 is 29.7 Å². The van der Waals surface area contributed by atoms with Crippen LogP contribution < -0.4 is 4.72 Å². The molecule has 0 bridgehead atoms. The Morgan fingerprint density at radius 3 is 2.22 bits per heavy atom. The normalized spacial score (nSPS) is 19.9. The van der Waals surface area contributed by atoms with E-state index in [4.69, 9.17) is 9.47 Å². The predicted molar refractivity (Wildman–Crippen MR) is 196 cm³/mol. The number of aromatic hydroxyl groups is 1. The van der Waals surface area contributed by atoms with Gasteiger partial charge in [-0.2, -0.15) is 0 Å². The third-order valence-electron chi connectivity index (χ3n) is 9.29. The molecule has 266 valence electrons. The number of hydrogen-bond donors (Lipinski definition) is 4.